The van der Waals surface area contributed by atoms with Crippen LogP contribution in [0.25, 0.3) is 0 Å². The highest BCUT2D eigenvalue weighted by atomic mass is 16.5. The molecule has 5 heteroatoms. The van der Waals surface area contributed by atoms with Crippen molar-refractivity contribution in [1.29, 1.82) is 5.26 Å². The maximum absolute atomic E-state index is 12.8. The van der Waals surface area contributed by atoms with Crippen LogP contribution in [0.2, 0.25) is 0 Å². The Morgan fingerprint density at radius 2 is 1.34 bits per heavy atom. The van der Waals surface area contributed by atoms with Gasteiger partial charge >= 0.3 is 11.9 Å². The number of hydrogen-bond donors (Lipinski definition) is 0. The molecule has 0 aliphatic carbocycles. The van der Waals surface area contributed by atoms with Crippen LogP contribution in [-0.2, 0) is 0 Å². The van der Waals surface area contributed by atoms with Crippen molar-refractivity contribution in [3.8, 4) is 17.6 Å². The molecule has 144 valence electrons. The van der Waals surface area contributed by atoms with Gasteiger partial charge in [0.05, 0.1) is 22.8 Å². The van der Waals surface area contributed by atoms with Crippen LogP contribution in [0.15, 0.2) is 72.8 Å². The van der Waals surface area contributed by atoms with Crippen molar-refractivity contribution in [2.24, 2.45) is 0 Å². The van der Waals surface area contributed by atoms with Gasteiger partial charge in [-0.3, -0.25) is 0 Å². The minimum Gasteiger partial charge on any atom is -0.423 e. The fourth-order valence-corrected chi connectivity index (χ4v) is 2.80. The van der Waals surface area contributed by atoms with E-state index >= 15 is 0 Å². The SMILES string of the molecule is CC(C)c1ccccc1OC(=O)c1ccccc1C(=O)Oc1ccc(C#N)cc1. The maximum atomic E-state index is 12.8. The maximum Gasteiger partial charge on any atom is 0.344 e. The number of para-hydroxylation sites is 1. The second kappa shape index (κ2) is 8.85. The summed E-state index contributed by atoms with van der Waals surface area (Å²) in [5, 5.41) is 8.85. The number of rotatable bonds is 5. The van der Waals surface area contributed by atoms with Gasteiger partial charge in [-0.25, -0.2) is 9.59 Å². The number of benzene rings is 3. The van der Waals surface area contributed by atoms with E-state index in [-0.39, 0.29) is 22.8 Å². The highest BCUT2D eigenvalue weighted by molar-refractivity contribution is 6.04. The van der Waals surface area contributed by atoms with Crippen LogP contribution in [0.3, 0.4) is 0 Å². The molecule has 0 radical (unpaired) electrons. The number of hydrogen-bond acceptors (Lipinski definition) is 5. The van der Waals surface area contributed by atoms with Crippen LogP contribution in [0, 0.1) is 11.3 Å². The molecule has 0 amide bonds. The molecule has 0 aliphatic heterocycles. The normalized spacial score (nSPS) is 10.3. The van der Waals surface area contributed by atoms with Crippen molar-refractivity contribution in [3.63, 3.8) is 0 Å². The van der Waals surface area contributed by atoms with E-state index in [1.165, 1.54) is 24.3 Å². The highest BCUT2D eigenvalue weighted by Crippen LogP contribution is 2.27. The van der Waals surface area contributed by atoms with E-state index in [0.717, 1.165) is 5.56 Å². The molecule has 0 N–H and O–H groups in total. The molecule has 3 rings (SSSR count). The topological polar surface area (TPSA) is 76.4 Å². The van der Waals surface area contributed by atoms with Crippen LogP contribution >= 0.6 is 0 Å². The largest absolute Gasteiger partial charge is 0.423 e. The van der Waals surface area contributed by atoms with Crippen LogP contribution in [0.5, 0.6) is 11.5 Å². The summed E-state index contributed by atoms with van der Waals surface area (Å²) in [4.78, 5) is 25.4. The Kier molecular flexibility index (Phi) is 6.06. The summed E-state index contributed by atoms with van der Waals surface area (Å²) >= 11 is 0. The van der Waals surface area contributed by atoms with Gasteiger partial charge in [-0.1, -0.05) is 44.2 Å². The number of carbonyl (C=O) groups is 2. The molecule has 0 bridgehead atoms. The first-order valence-corrected chi connectivity index (χ1v) is 9.12. The van der Waals surface area contributed by atoms with E-state index in [9.17, 15) is 9.59 Å². The second-order valence-electron chi connectivity index (χ2n) is 6.65. The lowest BCUT2D eigenvalue weighted by atomic mass is 10.0. The number of ether oxygens (including phenoxy) is 2. The van der Waals surface area contributed by atoms with Gasteiger partial charge in [0.15, 0.2) is 0 Å². The van der Waals surface area contributed by atoms with Gasteiger partial charge < -0.3 is 9.47 Å². The molecule has 5 nitrogen and oxygen atoms in total. The van der Waals surface area contributed by atoms with Crippen LogP contribution < -0.4 is 9.47 Å². The van der Waals surface area contributed by atoms with Crippen molar-refractivity contribution in [2.45, 2.75) is 19.8 Å². The molecule has 29 heavy (non-hydrogen) atoms. The predicted octanol–water partition coefficient (Wildman–Crippen LogP) is 5.12. The van der Waals surface area contributed by atoms with Gasteiger partial charge in [0, 0.05) is 0 Å². The fourth-order valence-electron chi connectivity index (χ4n) is 2.80. The summed E-state index contributed by atoms with van der Waals surface area (Å²) in [6, 6.07) is 21.8. The molecule has 0 unspecified atom stereocenters. The highest BCUT2D eigenvalue weighted by Gasteiger charge is 2.21. The van der Waals surface area contributed by atoms with Crippen LogP contribution in [-0.4, -0.2) is 11.9 Å². The lowest BCUT2D eigenvalue weighted by Gasteiger charge is -2.13. The fraction of sp³-hybridized carbons (Fsp3) is 0.125. The zero-order valence-electron chi connectivity index (χ0n) is 16.1. The van der Waals surface area contributed by atoms with Crippen molar-refractivity contribution in [2.75, 3.05) is 0 Å². The van der Waals surface area contributed by atoms with E-state index in [0.29, 0.717) is 11.3 Å². The number of esters is 2. The molecule has 0 fully saturated rings. The summed E-state index contributed by atoms with van der Waals surface area (Å²) in [5.41, 5.74) is 1.57. The lowest BCUT2D eigenvalue weighted by Crippen LogP contribution is -2.18. The molecule has 0 saturated heterocycles. The quantitative estimate of drug-likeness (QED) is 0.450. The standard InChI is InChI=1S/C24H19NO4/c1-16(2)19-7-5-6-10-22(19)29-24(27)21-9-4-3-8-20(21)23(26)28-18-13-11-17(15-25)12-14-18/h3-14,16H,1-2H3. The molecule has 0 saturated carbocycles. The lowest BCUT2D eigenvalue weighted by molar-refractivity contribution is 0.0691. The molecule has 0 aromatic heterocycles. The Bertz CT molecular complexity index is 1080. The minimum absolute atomic E-state index is 0.101. The Morgan fingerprint density at radius 3 is 1.93 bits per heavy atom. The van der Waals surface area contributed by atoms with Crippen molar-refractivity contribution in [1.82, 2.24) is 0 Å². The van der Waals surface area contributed by atoms with E-state index in [2.05, 4.69) is 0 Å². The molecular formula is C24H19NO4. The molecule has 3 aromatic rings. The van der Waals surface area contributed by atoms with Crippen molar-refractivity contribution >= 4 is 11.9 Å². The third-order valence-electron chi connectivity index (χ3n) is 4.30. The monoisotopic (exact) mass is 385 g/mol. The Labute approximate surface area is 169 Å². The Morgan fingerprint density at radius 1 is 0.793 bits per heavy atom. The molecule has 0 spiro atoms. The zero-order chi connectivity index (χ0) is 20.8. The van der Waals surface area contributed by atoms with Crippen molar-refractivity contribution < 1.29 is 19.1 Å². The first-order valence-electron chi connectivity index (χ1n) is 9.12. The van der Waals surface area contributed by atoms with Gasteiger partial charge in [-0.15, -0.1) is 0 Å². The molecule has 0 heterocycles. The number of nitriles is 1. The van der Waals surface area contributed by atoms with Gasteiger partial charge in [-0.2, -0.15) is 5.26 Å². The molecule has 0 atom stereocenters. The molecular weight excluding hydrogens is 366 g/mol. The van der Waals surface area contributed by atoms with E-state index in [1.54, 1.807) is 36.4 Å². The van der Waals surface area contributed by atoms with Gasteiger partial charge in [0.1, 0.15) is 11.5 Å². The summed E-state index contributed by atoms with van der Waals surface area (Å²) in [7, 11) is 0. The van der Waals surface area contributed by atoms with Crippen LogP contribution in [0.1, 0.15) is 51.6 Å². The summed E-state index contributed by atoms with van der Waals surface area (Å²) < 4.78 is 10.9. The Hall–Kier alpha value is -3.91. The summed E-state index contributed by atoms with van der Waals surface area (Å²) in [5.74, 6) is -0.398. The predicted molar refractivity (Wildman–Crippen MR) is 108 cm³/mol. The van der Waals surface area contributed by atoms with Gasteiger partial charge in [-0.05, 0) is 53.9 Å². The first-order chi connectivity index (χ1) is 14.0. The average Bonchev–Trinajstić information content (AvgIpc) is 2.74. The smallest absolute Gasteiger partial charge is 0.344 e. The van der Waals surface area contributed by atoms with Crippen LogP contribution in [0.4, 0.5) is 0 Å². The molecule has 0 aliphatic rings. The van der Waals surface area contributed by atoms with Crippen molar-refractivity contribution in [3.05, 3.63) is 95.1 Å². The first kappa shape index (κ1) is 19.8. The van der Waals surface area contributed by atoms with Gasteiger partial charge in [0.2, 0.25) is 0 Å². The zero-order valence-corrected chi connectivity index (χ0v) is 16.1. The summed E-state index contributed by atoms with van der Waals surface area (Å²) in [6.45, 7) is 4.02. The number of nitrogens with zero attached hydrogens (tertiary/aromatic N) is 1. The van der Waals surface area contributed by atoms with E-state index in [1.807, 2.05) is 32.0 Å². The van der Waals surface area contributed by atoms with Gasteiger partial charge in [0.25, 0.3) is 0 Å². The minimum atomic E-state index is -0.681. The summed E-state index contributed by atoms with van der Waals surface area (Å²) in [6.07, 6.45) is 0. The Balaban J connectivity index is 1.83. The third-order valence-corrected chi connectivity index (χ3v) is 4.30. The molecule has 3 aromatic carbocycles. The van der Waals surface area contributed by atoms with E-state index in [4.69, 9.17) is 14.7 Å². The van der Waals surface area contributed by atoms with E-state index < -0.39 is 11.9 Å². The average molecular weight is 385 g/mol. The third kappa shape index (κ3) is 4.69. The second-order valence-corrected chi connectivity index (χ2v) is 6.65. The number of carbonyl (C=O) groups excluding carboxylic acids is 2.